The highest BCUT2D eigenvalue weighted by Crippen LogP contribution is 2.42. The number of hydrogen-bond acceptors (Lipinski definition) is 3. The van der Waals surface area contributed by atoms with Crippen molar-refractivity contribution in [2.45, 2.75) is 12.8 Å². The van der Waals surface area contributed by atoms with Crippen LogP contribution in [-0.4, -0.2) is 67.8 Å². The highest BCUT2D eigenvalue weighted by Gasteiger charge is 2.52. The number of carbonyl (C=O) groups excluding carboxylic acids is 1. The number of carbonyl (C=O) groups is 1. The van der Waals surface area contributed by atoms with Gasteiger partial charge in [0.1, 0.15) is 0 Å². The van der Waals surface area contributed by atoms with Gasteiger partial charge in [-0.05, 0) is 25.4 Å². The van der Waals surface area contributed by atoms with Crippen LogP contribution in [0.15, 0.2) is 0 Å². The third kappa shape index (κ3) is 2.53. The molecule has 2 rings (SSSR count). The topological polar surface area (TPSA) is 57.7 Å². The number of hydrogen-bond donors (Lipinski definition) is 1. The quantitative estimate of drug-likeness (QED) is 0.751. The molecular weight excluding hydrogens is 272 g/mol. The summed E-state index contributed by atoms with van der Waals surface area (Å²) >= 11 is 0. The molecule has 1 unspecified atom stereocenters. The smallest absolute Gasteiger partial charge is 0.230 e. The third-order valence-corrected chi connectivity index (χ3v) is 6.00. The minimum atomic E-state index is -3.16. The van der Waals surface area contributed by atoms with Gasteiger partial charge in [0.15, 0.2) is 0 Å². The van der Waals surface area contributed by atoms with Crippen LogP contribution in [0.1, 0.15) is 12.8 Å². The molecule has 2 heterocycles. The number of thiol groups is 1. The van der Waals surface area contributed by atoms with Crippen molar-refractivity contribution >= 4 is 26.8 Å². The van der Waals surface area contributed by atoms with Crippen LogP contribution in [0.4, 0.5) is 0 Å². The van der Waals surface area contributed by atoms with Gasteiger partial charge in [0, 0.05) is 25.5 Å². The molecule has 18 heavy (non-hydrogen) atoms. The molecule has 0 bridgehead atoms. The van der Waals surface area contributed by atoms with E-state index >= 15 is 0 Å². The van der Waals surface area contributed by atoms with Gasteiger partial charge in [0.25, 0.3) is 0 Å². The van der Waals surface area contributed by atoms with Crippen molar-refractivity contribution in [3.05, 3.63) is 0 Å². The van der Waals surface area contributed by atoms with Gasteiger partial charge in [0.05, 0.1) is 11.7 Å². The summed E-state index contributed by atoms with van der Waals surface area (Å²) in [5.41, 5.74) is -0.422. The van der Waals surface area contributed by atoms with E-state index in [1.165, 1.54) is 10.6 Å². The Bertz CT molecular complexity index is 449. The second-order valence-electron chi connectivity index (χ2n) is 5.67. The normalized spacial score (nSPS) is 30.5. The Labute approximate surface area is 112 Å². The van der Waals surface area contributed by atoms with Gasteiger partial charge in [-0.25, -0.2) is 23.6 Å². The maximum Gasteiger partial charge on any atom is 0.230 e. The lowest BCUT2D eigenvalue weighted by molar-refractivity contribution is -0.134. The first-order valence-corrected chi connectivity index (χ1v) is 10.4. The van der Waals surface area contributed by atoms with E-state index in [1.54, 1.807) is 0 Å². The predicted molar refractivity (Wildman–Crippen MR) is 75.5 cm³/mol. The zero-order valence-corrected chi connectivity index (χ0v) is 12.9. The summed E-state index contributed by atoms with van der Waals surface area (Å²) in [7, 11) is -3.29. The number of nitrogens with zero attached hydrogens (tertiary/aromatic N) is 2. The van der Waals surface area contributed by atoms with Crippen LogP contribution in [0.25, 0.3) is 0 Å². The zero-order chi connectivity index (χ0) is 13.6. The number of rotatable bonds is 3. The highest BCUT2D eigenvalue weighted by molar-refractivity contribution is 8.15. The number of amides is 1. The molecule has 2 aliphatic rings. The van der Waals surface area contributed by atoms with Crippen molar-refractivity contribution in [2.75, 3.05) is 44.3 Å². The van der Waals surface area contributed by atoms with Crippen LogP contribution in [0.3, 0.4) is 0 Å². The molecule has 0 saturated carbocycles. The fourth-order valence-electron chi connectivity index (χ4n) is 2.87. The molecule has 0 aliphatic carbocycles. The zero-order valence-electron chi connectivity index (χ0n) is 11.2. The van der Waals surface area contributed by atoms with Gasteiger partial charge in [0.2, 0.25) is 15.9 Å². The fourth-order valence-corrected chi connectivity index (χ4v) is 4.72. The van der Waals surface area contributed by atoms with Crippen LogP contribution >= 0.6 is 10.9 Å². The van der Waals surface area contributed by atoms with Crippen molar-refractivity contribution in [3.63, 3.8) is 0 Å². The minimum absolute atomic E-state index is 0.130. The van der Waals surface area contributed by atoms with Crippen molar-refractivity contribution in [1.82, 2.24) is 9.21 Å². The van der Waals surface area contributed by atoms with Crippen molar-refractivity contribution in [1.29, 1.82) is 0 Å². The Morgan fingerprint density at radius 1 is 1.28 bits per heavy atom. The van der Waals surface area contributed by atoms with E-state index in [4.69, 9.17) is 0 Å². The molecule has 0 aromatic carbocycles. The molecule has 0 N–H and O–H groups in total. The molecule has 1 amide bonds. The summed E-state index contributed by atoms with van der Waals surface area (Å²) < 4.78 is 24.5. The van der Waals surface area contributed by atoms with Gasteiger partial charge < -0.3 is 4.90 Å². The highest BCUT2D eigenvalue weighted by atomic mass is 32.2. The third-order valence-electron chi connectivity index (χ3n) is 3.84. The molecule has 2 fully saturated rings. The van der Waals surface area contributed by atoms with E-state index < -0.39 is 15.4 Å². The molecule has 106 valence electrons. The molecule has 1 atom stereocenters. The second kappa shape index (κ2) is 4.68. The van der Waals surface area contributed by atoms with Gasteiger partial charge in [-0.1, -0.05) is 0 Å². The predicted octanol–water partition coefficient (Wildman–Crippen LogP) is 0.0887. The lowest BCUT2D eigenvalue weighted by Crippen LogP contribution is -2.38. The van der Waals surface area contributed by atoms with Gasteiger partial charge in [-0.2, -0.15) is 0 Å². The lowest BCUT2D eigenvalue weighted by atomic mass is 9.86. The van der Waals surface area contributed by atoms with Crippen LogP contribution in [0.2, 0.25) is 0 Å². The fraction of sp³-hybridized carbons (Fsp3) is 0.909. The van der Waals surface area contributed by atoms with E-state index in [0.717, 1.165) is 18.8 Å². The molecule has 5 nitrogen and oxygen atoms in total. The second-order valence-corrected chi connectivity index (χ2v) is 10.1. The summed E-state index contributed by atoms with van der Waals surface area (Å²) in [6.07, 6.45) is 7.03. The van der Waals surface area contributed by atoms with E-state index in [1.807, 2.05) is 4.90 Å². The summed E-state index contributed by atoms with van der Waals surface area (Å²) in [5.74, 6) is 1.01. The monoisotopic (exact) mass is 294 g/mol. The SMILES string of the molecule is C[SH](C)CN1CCC2(CCN(S(C)(=O)=O)C2)C1=O. The maximum absolute atomic E-state index is 12.5. The summed E-state index contributed by atoms with van der Waals surface area (Å²) in [4.78, 5) is 14.4. The Hall–Kier alpha value is -0.270. The average Bonchev–Trinajstić information content (AvgIpc) is 2.78. The van der Waals surface area contributed by atoms with Crippen LogP contribution in [0.5, 0.6) is 0 Å². The first kappa shape index (κ1) is 14.1. The Kier molecular flexibility index (Phi) is 3.68. The van der Waals surface area contributed by atoms with Crippen LogP contribution in [0, 0.1) is 5.41 Å². The minimum Gasteiger partial charge on any atom is -0.335 e. The molecular formula is C11H22N2O3S2. The van der Waals surface area contributed by atoms with Gasteiger partial charge in [-0.15, -0.1) is 0 Å². The molecule has 1 spiro atoms. The van der Waals surface area contributed by atoms with E-state index in [2.05, 4.69) is 12.5 Å². The summed E-state index contributed by atoms with van der Waals surface area (Å²) in [6, 6.07) is 0. The summed E-state index contributed by atoms with van der Waals surface area (Å²) in [6.45, 7) is 1.66. The first-order valence-electron chi connectivity index (χ1n) is 6.14. The van der Waals surface area contributed by atoms with Crippen molar-refractivity contribution in [2.24, 2.45) is 5.41 Å². The Balaban J connectivity index is 2.10. The standard InChI is InChI=1S/C11H22N2O3S2/c1-17(2)9-12-6-4-11(10(12)14)5-7-13(8-11)18(3,15)16/h17H,4-9H2,1-3H3. The van der Waals surface area contributed by atoms with E-state index in [-0.39, 0.29) is 16.8 Å². The molecule has 0 aromatic heterocycles. The molecule has 7 heteroatoms. The van der Waals surface area contributed by atoms with Crippen molar-refractivity contribution < 1.29 is 13.2 Å². The lowest BCUT2D eigenvalue weighted by Gasteiger charge is -2.25. The number of sulfonamides is 1. The van der Waals surface area contributed by atoms with E-state index in [0.29, 0.717) is 19.5 Å². The summed E-state index contributed by atoms with van der Waals surface area (Å²) in [5, 5.41) is 0. The van der Waals surface area contributed by atoms with Crippen LogP contribution in [-0.2, 0) is 14.8 Å². The Morgan fingerprint density at radius 2 is 1.89 bits per heavy atom. The average molecular weight is 294 g/mol. The number of likely N-dealkylation sites (tertiary alicyclic amines) is 1. The maximum atomic E-state index is 12.5. The first-order chi connectivity index (χ1) is 8.24. The van der Waals surface area contributed by atoms with Gasteiger partial charge >= 0.3 is 0 Å². The van der Waals surface area contributed by atoms with E-state index in [9.17, 15) is 13.2 Å². The Morgan fingerprint density at radius 3 is 2.39 bits per heavy atom. The molecule has 2 saturated heterocycles. The molecule has 2 aliphatic heterocycles. The van der Waals surface area contributed by atoms with Crippen molar-refractivity contribution in [3.8, 4) is 0 Å². The van der Waals surface area contributed by atoms with Gasteiger partial charge in [-0.3, -0.25) is 4.79 Å². The molecule has 0 radical (unpaired) electrons. The molecule has 0 aromatic rings. The van der Waals surface area contributed by atoms with Crippen LogP contribution < -0.4 is 0 Å². The largest absolute Gasteiger partial charge is 0.335 e.